The first kappa shape index (κ1) is 26.4. The van der Waals surface area contributed by atoms with Crippen LogP contribution in [-0.4, -0.2) is 96.7 Å². The summed E-state index contributed by atoms with van der Waals surface area (Å²) in [6.07, 6.45) is 10.3. The van der Waals surface area contributed by atoms with Crippen molar-refractivity contribution in [3.8, 4) is 0 Å². The first-order chi connectivity index (χ1) is 18.3. The molecule has 2 aromatic heterocycles. The number of hydrogen-bond donors (Lipinski definition) is 1. The molecule has 1 saturated heterocycles. The number of aliphatic imine (C=N–C) groups is 1. The van der Waals surface area contributed by atoms with E-state index in [9.17, 15) is 13.6 Å². The number of carbonyl (C=O) groups is 1. The molecule has 2 aromatic rings. The summed E-state index contributed by atoms with van der Waals surface area (Å²) in [7, 11) is 3.17. The lowest BCUT2D eigenvalue weighted by atomic mass is 9.66. The Kier molecular flexibility index (Phi) is 7.06. The Bertz CT molecular complexity index is 1210. The number of nitrogens with one attached hydrogen (secondary N) is 1. The van der Waals surface area contributed by atoms with E-state index in [2.05, 4.69) is 31.2 Å². The molecule has 1 amide bonds. The second-order valence-corrected chi connectivity index (χ2v) is 10.9. The van der Waals surface area contributed by atoms with E-state index in [1.807, 2.05) is 20.0 Å². The number of halogens is 2. The number of nitrogens with zero attached hydrogens (tertiary/aromatic N) is 7. The number of likely N-dealkylation sites (N-methyl/N-ethyl adjacent to an activating group) is 1. The van der Waals surface area contributed by atoms with Crippen molar-refractivity contribution < 1.29 is 13.6 Å². The van der Waals surface area contributed by atoms with Crippen LogP contribution in [0.5, 0.6) is 0 Å². The van der Waals surface area contributed by atoms with E-state index in [1.54, 1.807) is 30.7 Å². The predicted octanol–water partition coefficient (Wildman–Crippen LogP) is 2.82. The predicted molar refractivity (Wildman–Crippen MR) is 144 cm³/mol. The first-order valence-electron chi connectivity index (χ1n) is 13.2. The second-order valence-electron chi connectivity index (χ2n) is 10.9. The minimum Gasteiger partial charge on any atom is -0.350 e. The minimum atomic E-state index is -1.84. The van der Waals surface area contributed by atoms with E-state index in [1.165, 1.54) is 7.05 Å². The molecule has 11 heteroatoms. The number of rotatable bonds is 7. The quantitative estimate of drug-likeness (QED) is 0.555. The first-order valence-corrected chi connectivity index (χ1v) is 13.2. The third kappa shape index (κ3) is 4.11. The van der Waals surface area contributed by atoms with Gasteiger partial charge in [0.2, 0.25) is 5.91 Å². The number of amides is 1. The lowest BCUT2D eigenvalue weighted by Gasteiger charge is -2.48. The molecule has 2 atom stereocenters. The SMILES string of the molecule is CN=Cc1cncc(N2CC3(CCC3)c3c2ncnc3N2C[C@@H](C)N(C(=O)C(CF)(CF)NC)C[C@@H]2C)c1. The molecular weight excluding hydrogens is 490 g/mol. The van der Waals surface area contributed by atoms with Gasteiger partial charge in [-0.3, -0.25) is 14.8 Å². The van der Waals surface area contributed by atoms with Gasteiger partial charge in [0.25, 0.3) is 0 Å². The molecule has 9 nitrogen and oxygen atoms in total. The fourth-order valence-electron chi connectivity index (χ4n) is 6.13. The zero-order valence-corrected chi connectivity index (χ0v) is 22.5. The fourth-order valence-corrected chi connectivity index (χ4v) is 6.13. The van der Waals surface area contributed by atoms with E-state index in [4.69, 9.17) is 9.97 Å². The van der Waals surface area contributed by atoms with Crippen LogP contribution in [0.25, 0.3) is 0 Å². The normalized spacial score (nSPS) is 22.7. The smallest absolute Gasteiger partial charge is 0.248 e. The lowest BCUT2D eigenvalue weighted by molar-refractivity contribution is -0.143. The highest BCUT2D eigenvalue weighted by Gasteiger charge is 2.52. The topological polar surface area (TPSA) is 89.9 Å². The number of aromatic nitrogens is 3. The standard InChI is InChI=1S/C27H36F2N8O/c1-18-13-36(25(38)27(14-28,15-29)31-4)19(2)12-35(18)23-22-24(34-17-33-23)37(16-26(22)6-5-7-26)21-8-20(9-30-3)10-32-11-21/h8-11,17-19,31H,5-7,12-16H2,1-4H3/t18-,19+/m0/s1. The van der Waals surface area contributed by atoms with Crippen LogP contribution < -0.4 is 15.1 Å². The van der Waals surface area contributed by atoms with Crippen molar-refractivity contribution in [3.63, 3.8) is 0 Å². The van der Waals surface area contributed by atoms with Gasteiger partial charge in [-0.2, -0.15) is 0 Å². The third-order valence-electron chi connectivity index (χ3n) is 8.56. The van der Waals surface area contributed by atoms with Crippen LogP contribution in [0.15, 0.2) is 29.8 Å². The van der Waals surface area contributed by atoms with Gasteiger partial charge in [-0.15, -0.1) is 0 Å². The summed E-state index contributed by atoms with van der Waals surface area (Å²) < 4.78 is 27.6. The van der Waals surface area contributed by atoms with Crippen LogP contribution in [0.3, 0.4) is 0 Å². The molecule has 0 aromatic carbocycles. The van der Waals surface area contributed by atoms with Crippen LogP contribution in [-0.2, 0) is 10.2 Å². The van der Waals surface area contributed by atoms with Crippen molar-refractivity contribution in [2.45, 2.75) is 56.1 Å². The highest BCUT2D eigenvalue weighted by Crippen LogP contribution is 2.56. The molecule has 0 unspecified atom stereocenters. The summed E-state index contributed by atoms with van der Waals surface area (Å²) in [5.74, 6) is 1.24. The maximum atomic E-state index is 13.8. The van der Waals surface area contributed by atoms with Gasteiger partial charge in [0.1, 0.15) is 31.3 Å². The summed E-state index contributed by atoms with van der Waals surface area (Å²) in [5.41, 5.74) is 1.16. The monoisotopic (exact) mass is 526 g/mol. The van der Waals surface area contributed by atoms with Gasteiger partial charge in [0.05, 0.1) is 11.9 Å². The van der Waals surface area contributed by atoms with Crippen LogP contribution >= 0.6 is 0 Å². The van der Waals surface area contributed by atoms with Crippen molar-refractivity contribution in [3.05, 3.63) is 35.9 Å². The zero-order valence-electron chi connectivity index (χ0n) is 22.5. The Balaban J connectivity index is 1.49. The lowest BCUT2D eigenvalue weighted by Crippen LogP contribution is -2.67. The van der Waals surface area contributed by atoms with Crippen molar-refractivity contribution in [2.24, 2.45) is 4.99 Å². The molecule has 1 aliphatic carbocycles. The summed E-state index contributed by atoms with van der Waals surface area (Å²) in [5, 5.41) is 2.59. The Hall–Kier alpha value is -3.21. The maximum Gasteiger partial charge on any atom is 0.248 e. The molecule has 3 aliphatic rings. The molecular formula is C27H36F2N8O. The minimum absolute atomic E-state index is 0.0412. The number of anilines is 3. The Morgan fingerprint density at radius 2 is 1.92 bits per heavy atom. The number of fused-ring (bicyclic) bond motifs is 2. The van der Waals surface area contributed by atoms with E-state index in [0.29, 0.717) is 13.1 Å². The van der Waals surface area contributed by atoms with Gasteiger partial charge in [-0.1, -0.05) is 6.42 Å². The summed E-state index contributed by atoms with van der Waals surface area (Å²) in [4.78, 5) is 37.4. The van der Waals surface area contributed by atoms with E-state index >= 15 is 0 Å². The molecule has 0 bridgehead atoms. The van der Waals surface area contributed by atoms with Crippen molar-refractivity contribution in [2.75, 3.05) is 56.9 Å². The molecule has 2 fully saturated rings. The zero-order chi connectivity index (χ0) is 27.1. The van der Waals surface area contributed by atoms with Crippen LogP contribution in [0, 0.1) is 0 Å². The molecule has 4 heterocycles. The average molecular weight is 527 g/mol. The molecule has 0 radical (unpaired) electrons. The largest absolute Gasteiger partial charge is 0.350 e. The molecule has 1 N–H and O–H groups in total. The maximum absolute atomic E-state index is 13.8. The van der Waals surface area contributed by atoms with Crippen LogP contribution in [0.1, 0.15) is 44.2 Å². The van der Waals surface area contributed by atoms with E-state index in [0.717, 1.165) is 54.3 Å². The Labute approximate surface area is 222 Å². The molecule has 1 saturated carbocycles. The fraction of sp³-hybridized carbons (Fsp3) is 0.593. The van der Waals surface area contributed by atoms with Gasteiger partial charge in [-0.25, -0.2) is 18.7 Å². The molecule has 38 heavy (non-hydrogen) atoms. The van der Waals surface area contributed by atoms with Gasteiger partial charge in [0, 0.05) is 67.7 Å². The van der Waals surface area contributed by atoms with E-state index in [-0.39, 0.29) is 17.5 Å². The number of piperazine rings is 1. The number of alkyl halides is 2. The highest BCUT2D eigenvalue weighted by atomic mass is 19.1. The summed E-state index contributed by atoms with van der Waals surface area (Å²) in [6, 6.07) is 1.72. The Morgan fingerprint density at radius 3 is 2.55 bits per heavy atom. The van der Waals surface area contributed by atoms with Crippen LogP contribution in [0.2, 0.25) is 0 Å². The van der Waals surface area contributed by atoms with Gasteiger partial charge in [-0.05, 0) is 39.8 Å². The molecule has 204 valence electrons. The molecule has 1 spiro atoms. The summed E-state index contributed by atoms with van der Waals surface area (Å²) in [6.45, 7) is 3.42. The van der Waals surface area contributed by atoms with Gasteiger partial charge in [0.15, 0.2) is 5.54 Å². The van der Waals surface area contributed by atoms with Crippen molar-refractivity contribution in [1.82, 2.24) is 25.2 Å². The van der Waals surface area contributed by atoms with Gasteiger partial charge >= 0.3 is 0 Å². The van der Waals surface area contributed by atoms with Crippen LogP contribution in [0.4, 0.5) is 26.1 Å². The van der Waals surface area contributed by atoms with Crippen molar-refractivity contribution in [1.29, 1.82) is 0 Å². The number of pyridine rings is 1. The third-order valence-corrected chi connectivity index (χ3v) is 8.56. The number of hydrogen-bond acceptors (Lipinski definition) is 8. The van der Waals surface area contributed by atoms with Gasteiger partial charge < -0.3 is 20.0 Å². The molecule has 5 rings (SSSR count). The average Bonchev–Trinajstić information content (AvgIpc) is 3.28. The number of carbonyl (C=O) groups excluding carboxylic acids is 1. The second kappa shape index (κ2) is 10.2. The summed E-state index contributed by atoms with van der Waals surface area (Å²) >= 11 is 0. The molecule has 2 aliphatic heterocycles. The Morgan fingerprint density at radius 1 is 1.18 bits per heavy atom. The van der Waals surface area contributed by atoms with Crippen molar-refractivity contribution >= 4 is 29.4 Å². The highest BCUT2D eigenvalue weighted by molar-refractivity contribution is 5.87. The van der Waals surface area contributed by atoms with E-state index < -0.39 is 24.8 Å².